The number of carbonyl (C=O) groups is 2. The quantitative estimate of drug-likeness (QED) is 0.828. The summed E-state index contributed by atoms with van der Waals surface area (Å²) in [5.41, 5.74) is -0.158. The highest BCUT2D eigenvalue weighted by Gasteiger charge is 2.33. The van der Waals surface area contributed by atoms with E-state index in [1.807, 2.05) is 0 Å². The Morgan fingerprint density at radius 3 is 2.48 bits per heavy atom. The molecule has 0 unspecified atom stereocenters. The van der Waals surface area contributed by atoms with Crippen LogP contribution in [0.15, 0.2) is 42.6 Å². The van der Waals surface area contributed by atoms with Crippen LogP contribution in [0.1, 0.15) is 22.9 Å². The van der Waals surface area contributed by atoms with Crippen molar-refractivity contribution in [3.63, 3.8) is 0 Å². The zero-order chi connectivity index (χ0) is 19.6. The molecule has 10 heteroatoms. The van der Waals surface area contributed by atoms with Crippen molar-refractivity contribution in [2.45, 2.75) is 18.3 Å². The fraction of sp³-hybridized carbons (Fsp3) is 0.235. The Balaban J connectivity index is 1.89. The maximum absolute atomic E-state index is 12.8. The number of alkyl carbamates (subject to hydrolysis) is 1. The largest absolute Gasteiger partial charge is 0.434 e. The number of cyclic esters (lactones) is 1. The third-order valence-corrected chi connectivity index (χ3v) is 4.12. The molecule has 1 aliphatic heterocycles. The number of amides is 2. The molecule has 6 nitrogen and oxygen atoms in total. The van der Waals surface area contributed by atoms with E-state index in [-0.39, 0.29) is 12.2 Å². The number of nitrogens with one attached hydrogen (secondary N) is 2. The van der Waals surface area contributed by atoms with Gasteiger partial charge in [-0.05, 0) is 29.8 Å². The summed E-state index contributed by atoms with van der Waals surface area (Å²) in [5, 5.41) is 5.46. The number of benzene rings is 1. The van der Waals surface area contributed by atoms with Crippen molar-refractivity contribution in [3.05, 3.63) is 64.4 Å². The molecule has 0 aliphatic carbocycles. The fourth-order valence-corrected chi connectivity index (χ4v) is 2.62. The number of hydrogen-bond acceptors (Lipinski definition) is 4. The number of carbonyl (C=O) groups excluding carboxylic acids is 2. The molecule has 142 valence electrons. The first-order valence-electron chi connectivity index (χ1n) is 7.77. The molecule has 1 aliphatic rings. The standard InChI is InChI=1S/C17H13ClF3N3O3/c18-11-4-1-9(2-5-11)14(24-15(25)13-8-23-16(26)27-13)12-6-3-10(7-22-12)17(19,20)21/h1-7,13-14H,8H2,(H,23,26)(H,24,25)/t13-,14-/m0/s1. The van der Waals surface area contributed by atoms with Gasteiger partial charge in [0.15, 0.2) is 6.10 Å². The molecule has 1 saturated heterocycles. The van der Waals surface area contributed by atoms with Gasteiger partial charge in [0, 0.05) is 11.2 Å². The van der Waals surface area contributed by atoms with Crippen LogP contribution >= 0.6 is 11.6 Å². The summed E-state index contributed by atoms with van der Waals surface area (Å²) in [6.07, 6.45) is -5.58. The van der Waals surface area contributed by atoms with E-state index in [0.29, 0.717) is 16.8 Å². The lowest BCUT2D eigenvalue weighted by Crippen LogP contribution is -2.39. The van der Waals surface area contributed by atoms with E-state index in [1.165, 1.54) is 6.07 Å². The molecule has 27 heavy (non-hydrogen) atoms. The molecule has 3 rings (SSSR count). The van der Waals surface area contributed by atoms with Crippen LogP contribution < -0.4 is 10.6 Å². The zero-order valence-corrected chi connectivity index (χ0v) is 14.3. The number of alkyl halides is 3. The van der Waals surface area contributed by atoms with Crippen LogP contribution in [0.4, 0.5) is 18.0 Å². The van der Waals surface area contributed by atoms with Crippen molar-refractivity contribution in [3.8, 4) is 0 Å². The second-order valence-corrected chi connectivity index (χ2v) is 6.17. The summed E-state index contributed by atoms with van der Waals surface area (Å²) in [7, 11) is 0. The maximum atomic E-state index is 12.8. The molecule has 1 aromatic heterocycles. The van der Waals surface area contributed by atoms with Crippen LogP contribution in [-0.2, 0) is 15.7 Å². The van der Waals surface area contributed by atoms with E-state index in [1.54, 1.807) is 24.3 Å². The molecule has 0 bridgehead atoms. The Labute approximate surface area is 156 Å². The Hall–Kier alpha value is -2.81. The number of nitrogens with zero attached hydrogens (tertiary/aromatic N) is 1. The molecule has 1 fully saturated rings. The lowest BCUT2D eigenvalue weighted by molar-refractivity contribution is -0.138. The molecule has 0 saturated carbocycles. The van der Waals surface area contributed by atoms with Crippen molar-refractivity contribution in [2.24, 2.45) is 0 Å². The monoisotopic (exact) mass is 399 g/mol. The van der Waals surface area contributed by atoms with Crippen LogP contribution in [-0.4, -0.2) is 29.6 Å². The molecule has 2 amide bonds. The second kappa shape index (κ2) is 7.43. The SMILES string of the molecule is O=C1NC[C@@H](C(=O)N[C@@H](c2ccc(Cl)cc2)c2ccc(C(F)(F)F)cn2)O1. The Morgan fingerprint density at radius 1 is 1.26 bits per heavy atom. The van der Waals surface area contributed by atoms with E-state index in [9.17, 15) is 22.8 Å². The van der Waals surface area contributed by atoms with Gasteiger partial charge in [-0.2, -0.15) is 13.2 Å². The molecule has 0 spiro atoms. The highest BCUT2D eigenvalue weighted by atomic mass is 35.5. The summed E-state index contributed by atoms with van der Waals surface area (Å²) in [5.74, 6) is -0.602. The van der Waals surface area contributed by atoms with Crippen LogP contribution in [0.2, 0.25) is 5.02 Å². The highest BCUT2D eigenvalue weighted by molar-refractivity contribution is 6.30. The molecule has 1 aromatic carbocycles. The van der Waals surface area contributed by atoms with E-state index < -0.39 is 35.9 Å². The molecule has 2 aromatic rings. The number of rotatable bonds is 4. The first-order chi connectivity index (χ1) is 12.7. The Kier molecular flexibility index (Phi) is 5.22. The van der Waals surface area contributed by atoms with E-state index in [0.717, 1.165) is 6.07 Å². The maximum Gasteiger partial charge on any atom is 0.417 e. The van der Waals surface area contributed by atoms with Gasteiger partial charge < -0.3 is 15.4 Å². The zero-order valence-electron chi connectivity index (χ0n) is 13.6. The normalized spacial score (nSPS) is 17.8. The van der Waals surface area contributed by atoms with Gasteiger partial charge in [-0.25, -0.2) is 4.79 Å². The number of aromatic nitrogens is 1. The van der Waals surface area contributed by atoms with E-state index in [4.69, 9.17) is 16.3 Å². The third kappa shape index (κ3) is 4.48. The number of halogens is 4. The van der Waals surface area contributed by atoms with Crippen molar-refractivity contribution in [1.82, 2.24) is 15.6 Å². The third-order valence-electron chi connectivity index (χ3n) is 3.87. The molecule has 2 atom stereocenters. The number of pyridine rings is 1. The lowest BCUT2D eigenvalue weighted by atomic mass is 10.0. The van der Waals surface area contributed by atoms with Crippen LogP contribution in [0.5, 0.6) is 0 Å². The first kappa shape index (κ1) is 19.0. The molecule has 2 heterocycles. The molecular formula is C17H13ClF3N3O3. The summed E-state index contributed by atoms with van der Waals surface area (Å²) in [6.45, 7) is -0.00154. The molecule has 0 radical (unpaired) electrons. The highest BCUT2D eigenvalue weighted by Crippen LogP contribution is 2.30. The number of ether oxygens (including phenoxy) is 1. The topological polar surface area (TPSA) is 80.3 Å². The predicted octanol–water partition coefficient (Wildman–Crippen LogP) is 3.07. The average Bonchev–Trinajstić information content (AvgIpc) is 3.06. The minimum Gasteiger partial charge on any atom is -0.434 e. The van der Waals surface area contributed by atoms with Gasteiger partial charge in [-0.15, -0.1) is 0 Å². The van der Waals surface area contributed by atoms with Crippen LogP contribution in [0, 0.1) is 0 Å². The summed E-state index contributed by atoms with van der Waals surface area (Å²) >= 11 is 5.86. The van der Waals surface area contributed by atoms with Crippen molar-refractivity contribution >= 4 is 23.6 Å². The van der Waals surface area contributed by atoms with Gasteiger partial charge in [0.05, 0.1) is 23.8 Å². The van der Waals surface area contributed by atoms with Gasteiger partial charge in [0.1, 0.15) is 0 Å². The summed E-state index contributed by atoms with van der Waals surface area (Å²) < 4.78 is 43.1. The van der Waals surface area contributed by atoms with E-state index >= 15 is 0 Å². The van der Waals surface area contributed by atoms with Crippen LogP contribution in [0.3, 0.4) is 0 Å². The molecule has 2 N–H and O–H groups in total. The van der Waals surface area contributed by atoms with Crippen molar-refractivity contribution in [1.29, 1.82) is 0 Å². The van der Waals surface area contributed by atoms with Crippen molar-refractivity contribution in [2.75, 3.05) is 6.54 Å². The van der Waals surface area contributed by atoms with Gasteiger partial charge in [0.25, 0.3) is 5.91 Å². The van der Waals surface area contributed by atoms with Gasteiger partial charge >= 0.3 is 12.3 Å². The first-order valence-corrected chi connectivity index (χ1v) is 8.15. The minimum absolute atomic E-state index is 0.00154. The lowest BCUT2D eigenvalue weighted by Gasteiger charge is -2.21. The number of hydrogen-bond donors (Lipinski definition) is 2. The van der Waals surface area contributed by atoms with Crippen LogP contribution in [0.25, 0.3) is 0 Å². The summed E-state index contributed by atoms with van der Waals surface area (Å²) in [4.78, 5) is 27.3. The Bertz CT molecular complexity index is 841. The summed E-state index contributed by atoms with van der Waals surface area (Å²) in [6, 6.07) is 7.61. The van der Waals surface area contributed by atoms with Gasteiger partial charge in [-0.3, -0.25) is 9.78 Å². The van der Waals surface area contributed by atoms with Crippen molar-refractivity contribution < 1.29 is 27.5 Å². The second-order valence-electron chi connectivity index (χ2n) is 5.74. The van der Waals surface area contributed by atoms with Gasteiger partial charge in [-0.1, -0.05) is 23.7 Å². The predicted molar refractivity (Wildman–Crippen MR) is 88.9 cm³/mol. The Morgan fingerprint density at radius 2 is 1.96 bits per heavy atom. The fourth-order valence-electron chi connectivity index (χ4n) is 2.50. The van der Waals surface area contributed by atoms with Gasteiger partial charge in [0.2, 0.25) is 0 Å². The average molecular weight is 400 g/mol. The smallest absolute Gasteiger partial charge is 0.417 e. The molecular weight excluding hydrogens is 387 g/mol. The minimum atomic E-state index is -4.52. The van der Waals surface area contributed by atoms with E-state index in [2.05, 4.69) is 15.6 Å².